The first kappa shape index (κ1) is 26.3. The summed E-state index contributed by atoms with van der Waals surface area (Å²) in [6, 6.07) is 20.0. The van der Waals surface area contributed by atoms with Crippen LogP contribution in [0.1, 0.15) is 23.6 Å². The number of para-hydroxylation sites is 1. The Morgan fingerprint density at radius 2 is 1.84 bits per heavy atom. The predicted molar refractivity (Wildman–Crippen MR) is 146 cm³/mol. The Morgan fingerprint density at radius 3 is 2.57 bits per heavy atom. The van der Waals surface area contributed by atoms with Crippen LogP contribution in [0.3, 0.4) is 0 Å². The van der Waals surface area contributed by atoms with Gasteiger partial charge in [-0.25, -0.2) is 0 Å². The van der Waals surface area contributed by atoms with E-state index in [2.05, 4.69) is 5.32 Å². The van der Waals surface area contributed by atoms with Gasteiger partial charge in [0.25, 0.3) is 17.1 Å². The molecule has 1 N–H and O–H groups in total. The number of rotatable bonds is 9. The number of aryl methyl sites for hydroxylation is 1. The van der Waals surface area contributed by atoms with Crippen LogP contribution in [0.2, 0.25) is 5.02 Å². The maximum absolute atomic E-state index is 13.0. The Balaban J connectivity index is 1.49. The summed E-state index contributed by atoms with van der Waals surface area (Å²) in [5.74, 6) is -0.177. The molecule has 3 amide bonds. The number of thioether (sulfide) groups is 1. The third kappa shape index (κ3) is 6.72. The molecule has 1 aliphatic rings. The number of ether oxygens (including phenoxy) is 2. The number of carbonyl (C=O) groups excluding carboxylic acids is 3. The Kier molecular flexibility index (Phi) is 8.53. The van der Waals surface area contributed by atoms with E-state index in [1.807, 2.05) is 56.3 Å². The van der Waals surface area contributed by atoms with E-state index < -0.39 is 0 Å². The molecule has 0 radical (unpaired) electrons. The van der Waals surface area contributed by atoms with Crippen LogP contribution >= 0.6 is 23.4 Å². The lowest BCUT2D eigenvalue weighted by Gasteiger charge is -2.15. The van der Waals surface area contributed by atoms with Gasteiger partial charge in [0.05, 0.1) is 23.1 Å². The third-order valence-corrected chi connectivity index (χ3v) is 6.52. The summed E-state index contributed by atoms with van der Waals surface area (Å²) in [6.07, 6.45) is 1.60. The fourth-order valence-corrected chi connectivity index (χ4v) is 4.82. The minimum absolute atomic E-state index is 0.201. The van der Waals surface area contributed by atoms with Crippen molar-refractivity contribution in [3.05, 3.63) is 93.3 Å². The number of imide groups is 1. The van der Waals surface area contributed by atoms with Crippen LogP contribution in [0.25, 0.3) is 6.08 Å². The summed E-state index contributed by atoms with van der Waals surface area (Å²) in [4.78, 5) is 39.4. The molecule has 1 aliphatic heterocycles. The predicted octanol–water partition coefficient (Wildman–Crippen LogP) is 6.30. The van der Waals surface area contributed by atoms with E-state index in [1.165, 1.54) is 4.90 Å². The van der Waals surface area contributed by atoms with Gasteiger partial charge in [0.15, 0.2) is 18.1 Å². The molecule has 9 heteroatoms. The average Bonchev–Trinajstić information content (AvgIpc) is 3.11. The molecular weight excluding hydrogens is 512 g/mol. The molecule has 0 spiro atoms. The molecule has 0 unspecified atom stereocenters. The van der Waals surface area contributed by atoms with E-state index in [-0.39, 0.29) is 45.9 Å². The topological polar surface area (TPSA) is 84.9 Å². The van der Waals surface area contributed by atoms with Crippen molar-refractivity contribution in [1.82, 2.24) is 4.90 Å². The van der Waals surface area contributed by atoms with E-state index in [4.69, 9.17) is 21.1 Å². The number of hydrogen-bond acceptors (Lipinski definition) is 6. The van der Waals surface area contributed by atoms with Gasteiger partial charge in [-0.15, -0.1) is 0 Å². The molecular formula is C28H25ClN2O5S. The molecule has 0 saturated carbocycles. The minimum atomic E-state index is -0.372. The summed E-state index contributed by atoms with van der Waals surface area (Å²) in [7, 11) is 0. The monoisotopic (exact) mass is 536 g/mol. The van der Waals surface area contributed by atoms with Crippen molar-refractivity contribution in [3.8, 4) is 11.5 Å². The first-order valence-corrected chi connectivity index (χ1v) is 12.8. The highest BCUT2D eigenvalue weighted by Crippen LogP contribution is 2.39. The summed E-state index contributed by atoms with van der Waals surface area (Å²) in [5.41, 5.74) is 3.15. The summed E-state index contributed by atoms with van der Waals surface area (Å²) < 4.78 is 11.4. The van der Waals surface area contributed by atoms with Crippen molar-refractivity contribution >= 4 is 52.2 Å². The van der Waals surface area contributed by atoms with Crippen LogP contribution in [0, 0.1) is 6.92 Å². The van der Waals surface area contributed by atoms with Crippen molar-refractivity contribution in [2.45, 2.75) is 20.4 Å². The summed E-state index contributed by atoms with van der Waals surface area (Å²) in [6.45, 7) is 4.03. The molecule has 0 atom stereocenters. The number of amides is 3. The lowest BCUT2D eigenvalue weighted by Crippen LogP contribution is -2.27. The molecule has 4 rings (SSSR count). The van der Waals surface area contributed by atoms with Crippen molar-refractivity contribution in [3.63, 3.8) is 0 Å². The smallest absolute Gasteiger partial charge is 0.293 e. The van der Waals surface area contributed by atoms with Gasteiger partial charge in [-0.3, -0.25) is 19.3 Å². The van der Waals surface area contributed by atoms with E-state index >= 15 is 0 Å². The van der Waals surface area contributed by atoms with Crippen LogP contribution in [0.15, 0.2) is 71.6 Å². The Labute approximate surface area is 224 Å². The molecule has 1 heterocycles. The highest BCUT2D eigenvalue weighted by molar-refractivity contribution is 8.18. The molecule has 3 aromatic carbocycles. The van der Waals surface area contributed by atoms with Crippen molar-refractivity contribution in [2.75, 3.05) is 18.5 Å². The molecule has 7 nitrogen and oxygen atoms in total. The van der Waals surface area contributed by atoms with Gasteiger partial charge in [0.1, 0.15) is 0 Å². The van der Waals surface area contributed by atoms with Gasteiger partial charge in [-0.1, -0.05) is 59.6 Å². The summed E-state index contributed by atoms with van der Waals surface area (Å²) >= 11 is 7.36. The maximum atomic E-state index is 13.0. The van der Waals surface area contributed by atoms with Gasteiger partial charge in [0.2, 0.25) is 0 Å². The maximum Gasteiger partial charge on any atom is 0.293 e. The number of carbonyl (C=O) groups is 3. The molecule has 37 heavy (non-hydrogen) atoms. The highest BCUT2D eigenvalue weighted by atomic mass is 35.5. The molecule has 0 aromatic heterocycles. The lowest BCUT2D eigenvalue weighted by molar-refractivity contribution is -0.123. The molecule has 0 aliphatic carbocycles. The molecule has 1 saturated heterocycles. The van der Waals surface area contributed by atoms with Crippen LogP contribution in [0.4, 0.5) is 10.5 Å². The van der Waals surface area contributed by atoms with Gasteiger partial charge in [0, 0.05) is 5.69 Å². The highest BCUT2D eigenvalue weighted by Gasteiger charge is 2.35. The molecule has 3 aromatic rings. The zero-order valence-corrected chi connectivity index (χ0v) is 21.9. The number of anilines is 1. The van der Waals surface area contributed by atoms with Gasteiger partial charge in [-0.05, 0) is 67.1 Å². The summed E-state index contributed by atoms with van der Waals surface area (Å²) in [5, 5.41) is 2.62. The van der Waals surface area contributed by atoms with E-state index in [0.717, 1.165) is 22.9 Å². The SMILES string of the molecule is CCOc1cc(/C=C2\SC(=O)N(Cc3cccc(C)c3)C2=O)cc(Cl)c1OCC(=O)Nc1ccccc1. The van der Waals surface area contributed by atoms with Crippen molar-refractivity contribution in [2.24, 2.45) is 0 Å². The van der Waals surface area contributed by atoms with E-state index in [9.17, 15) is 14.4 Å². The number of hydrogen-bond donors (Lipinski definition) is 1. The van der Waals surface area contributed by atoms with Crippen molar-refractivity contribution in [1.29, 1.82) is 0 Å². The Morgan fingerprint density at radius 1 is 1.05 bits per heavy atom. The second kappa shape index (κ2) is 12.0. The minimum Gasteiger partial charge on any atom is -0.490 e. The third-order valence-electron chi connectivity index (χ3n) is 5.33. The van der Waals surface area contributed by atoms with E-state index in [0.29, 0.717) is 23.6 Å². The molecule has 1 fully saturated rings. The fourth-order valence-electron chi connectivity index (χ4n) is 3.71. The molecule has 190 valence electrons. The van der Waals surface area contributed by atoms with Crippen LogP contribution in [-0.4, -0.2) is 35.2 Å². The standard InChI is InChI=1S/C28H25ClN2O5S/c1-3-35-23-14-20(13-22(29)26(23)36-17-25(32)30-21-10-5-4-6-11-21)15-24-27(33)31(28(34)37-24)16-19-9-7-8-18(2)12-19/h4-15H,3,16-17H2,1-2H3,(H,30,32)/b24-15-. The zero-order chi connectivity index (χ0) is 26.4. The van der Waals surface area contributed by atoms with Gasteiger partial charge < -0.3 is 14.8 Å². The number of halogens is 1. The Bertz CT molecular complexity index is 1360. The van der Waals surface area contributed by atoms with Crippen LogP contribution < -0.4 is 14.8 Å². The second-order valence-electron chi connectivity index (χ2n) is 8.22. The number of benzene rings is 3. The van der Waals surface area contributed by atoms with Gasteiger partial charge >= 0.3 is 0 Å². The van der Waals surface area contributed by atoms with Crippen LogP contribution in [0.5, 0.6) is 11.5 Å². The normalized spacial score (nSPS) is 14.2. The molecule has 0 bridgehead atoms. The number of nitrogens with one attached hydrogen (secondary N) is 1. The number of nitrogens with zero attached hydrogens (tertiary/aromatic N) is 1. The fraction of sp³-hybridized carbons (Fsp3) is 0.179. The zero-order valence-electron chi connectivity index (χ0n) is 20.3. The quantitative estimate of drug-likeness (QED) is 0.323. The van der Waals surface area contributed by atoms with Crippen molar-refractivity contribution < 1.29 is 23.9 Å². The lowest BCUT2D eigenvalue weighted by atomic mass is 10.1. The first-order valence-electron chi connectivity index (χ1n) is 11.6. The van der Waals surface area contributed by atoms with E-state index in [1.54, 1.807) is 30.3 Å². The first-order chi connectivity index (χ1) is 17.8. The second-order valence-corrected chi connectivity index (χ2v) is 9.62. The van der Waals surface area contributed by atoms with Crippen LogP contribution in [-0.2, 0) is 16.1 Å². The largest absolute Gasteiger partial charge is 0.490 e. The average molecular weight is 537 g/mol. The Hall–Kier alpha value is -3.75. The van der Waals surface area contributed by atoms with Gasteiger partial charge in [-0.2, -0.15) is 0 Å².